The molecule has 0 aromatic rings. The molecule has 0 radical (unpaired) electrons. The summed E-state index contributed by atoms with van der Waals surface area (Å²) in [5.74, 6) is 0. The zero-order chi connectivity index (χ0) is 17.7. The van der Waals surface area contributed by atoms with Gasteiger partial charge in [-0.15, -0.1) is 0 Å². The SMILES string of the molecule is CC(CC1COCCN1C(=O)OC(C)(C)C)NCC(C)(O)CO. The molecular formula is C16H32N2O5. The van der Waals surface area contributed by atoms with Crippen LogP contribution in [0.5, 0.6) is 0 Å². The fraction of sp³-hybridized carbons (Fsp3) is 0.938. The highest BCUT2D eigenvalue weighted by Gasteiger charge is 2.32. The van der Waals surface area contributed by atoms with Crippen molar-refractivity contribution in [1.82, 2.24) is 10.2 Å². The minimum Gasteiger partial charge on any atom is -0.444 e. The molecule has 0 spiro atoms. The van der Waals surface area contributed by atoms with E-state index in [-0.39, 0.29) is 31.3 Å². The first-order valence-corrected chi connectivity index (χ1v) is 8.18. The van der Waals surface area contributed by atoms with Crippen LogP contribution in [0.1, 0.15) is 41.0 Å². The van der Waals surface area contributed by atoms with Gasteiger partial charge in [0.1, 0.15) is 5.60 Å². The van der Waals surface area contributed by atoms with E-state index in [4.69, 9.17) is 14.6 Å². The Kier molecular flexibility index (Phi) is 7.26. The van der Waals surface area contributed by atoms with Gasteiger partial charge in [0.25, 0.3) is 0 Å². The first kappa shape index (κ1) is 20.2. The third-order valence-corrected chi connectivity index (χ3v) is 3.65. The lowest BCUT2D eigenvalue weighted by Crippen LogP contribution is -2.53. The van der Waals surface area contributed by atoms with E-state index in [1.807, 2.05) is 27.7 Å². The number of nitrogens with zero attached hydrogens (tertiary/aromatic N) is 1. The van der Waals surface area contributed by atoms with Crippen LogP contribution in [-0.4, -0.2) is 77.4 Å². The molecule has 1 heterocycles. The number of carbonyl (C=O) groups excluding carboxylic acids is 1. The molecule has 3 N–H and O–H groups in total. The number of nitrogens with one attached hydrogen (secondary N) is 1. The van der Waals surface area contributed by atoms with Crippen LogP contribution >= 0.6 is 0 Å². The summed E-state index contributed by atoms with van der Waals surface area (Å²) in [6.07, 6.45) is 0.362. The normalized spacial score (nSPS) is 23.3. The second kappa shape index (κ2) is 8.28. The molecule has 1 rings (SSSR count). The highest BCUT2D eigenvalue weighted by molar-refractivity contribution is 5.68. The average molecular weight is 332 g/mol. The topological polar surface area (TPSA) is 91.3 Å². The third kappa shape index (κ3) is 7.48. The molecule has 1 aliphatic rings. The summed E-state index contributed by atoms with van der Waals surface area (Å²) < 4.78 is 11.0. The zero-order valence-electron chi connectivity index (χ0n) is 15.0. The van der Waals surface area contributed by atoms with Gasteiger partial charge in [0.2, 0.25) is 0 Å². The number of aliphatic hydroxyl groups is 2. The molecular weight excluding hydrogens is 300 g/mol. The summed E-state index contributed by atoms with van der Waals surface area (Å²) in [6.45, 7) is 10.6. The minimum absolute atomic E-state index is 0.0599. The standard InChI is InChI=1S/C16H32N2O5/c1-12(17-10-16(5,21)11-19)8-13-9-22-7-6-18(13)14(20)23-15(2,3)4/h12-13,17,19,21H,6-11H2,1-5H3. The molecule has 0 aromatic carbocycles. The van der Waals surface area contributed by atoms with Gasteiger partial charge in [0.05, 0.1) is 31.5 Å². The van der Waals surface area contributed by atoms with Gasteiger partial charge in [-0.25, -0.2) is 4.79 Å². The van der Waals surface area contributed by atoms with E-state index in [1.165, 1.54) is 0 Å². The molecule has 1 aliphatic heterocycles. The van der Waals surface area contributed by atoms with E-state index in [1.54, 1.807) is 11.8 Å². The summed E-state index contributed by atoms with van der Waals surface area (Å²) in [6, 6.07) is -0.00941. The molecule has 3 atom stereocenters. The van der Waals surface area contributed by atoms with Crippen molar-refractivity contribution in [3.63, 3.8) is 0 Å². The fourth-order valence-corrected chi connectivity index (χ4v) is 2.35. The van der Waals surface area contributed by atoms with Gasteiger partial charge in [-0.2, -0.15) is 0 Å². The number of hydrogen-bond donors (Lipinski definition) is 3. The Bertz CT molecular complexity index is 381. The van der Waals surface area contributed by atoms with E-state index in [0.717, 1.165) is 0 Å². The number of ether oxygens (including phenoxy) is 2. The van der Waals surface area contributed by atoms with Crippen LogP contribution in [0.3, 0.4) is 0 Å². The van der Waals surface area contributed by atoms with Crippen LogP contribution in [-0.2, 0) is 9.47 Å². The van der Waals surface area contributed by atoms with Crippen LogP contribution in [0.25, 0.3) is 0 Å². The van der Waals surface area contributed by atoms with E-state index in [0.29, 0.717) is 26.2 Å². The predicted octanol–water partition coefficient (Wildman–Crippen LogP) is 0.734. The highest BCUT2D eigenvalue weighted by Crippen LogP contribution is 2.17. The quantitative estimate of drug-likeness (QED) is 0.664. The molecule has 1 amide bonds. The predicted molar refractivity (Wildman–Crippen MR) is 87.3 cm³/mol. The maximum atomic E-state index is 12.3. The lowest BCUT2D eigenvalue weighted by Gasteiger charge is -2.38. The first-order chi connectivity index (χ1) is 10.5. The molecule has 136 valence electrons. The summed E-state index contributed by atoms with van der Waals surface area (Å²) in [7, 11) is 0. The molecule has 0 aromatic heterocycles. The van der Waals surface area contributed by atoms with E-state index >= 15 is 0 Å². The summed E-state index contributed by atoms with van der Waals surface area (Å²) in [5, 5.41) is 22.1. The molecule has 0 saturated carbocycles. The Labute approximate surface area is 138 Å². The Morgan fingerprint density at radius 1 is 1.43 bits per heavy atom. The van der Waals surface area contributed by atoms with Crippen molar-refractivity contribution in [3.05, 3.63) is 0 Å². The number of morpholine rings is 1. The van der Waals surface area contributed by atoms with Crippen LogP contribution in [0, 0.1) is 0 Å². The van der Waals surface area contributed by atoms with Gasteiger partial charge in [-0.05, 0) is 41.0 Å². The first-order valence-electron chi connectivity index (χ1n) is 8.18. The Balaban J connectivity index is 2.56. The van der Waals surface area contributed by atoms with Crippen molar-refractivity contribution in [2.45, 2.75) is 64.3 Å². The zero-order valence-corrected chi connectivity index (χ0v) is 15.0. The van der Waals surface area contributed by atoms with Gasteiger partial charge >= 0.3 is 6.09 Å². The maximum Gasteiger partial charge on any atom is 0.410 e. The minimum atomic E-state index is -1.15. The molecule has 0 bridgehead atoms. The van der Waals surface area contributed by atoms with Crippen molar-refractivity contribution < 1.29 is 24.5 Å². The van der Waals surface area contributed by atoms with Gasteiger partial charge in [-0.1, -0.05) is 0 Å². The summed E-state index contributed by atoms with van der Waals surface area (Å²) in [5.41, 5.74) is -1.67. The van der Waals surface area contributed by atoms with Gasteiger partial charge in [0, 0.05) is 19.1 Å². The largest absolute Gasteiger partial charge is 0.444 e. The number of aliphatic hydroxyl groups excluding tert-OH is 1. The van der Waals surface area contributed by atoms with Crippen LogP contribution in [0.2, 0.25) is 0 Å². The van der Waals surface area contributed by atoms with Crippen LogP contribution < -0.4 is 5.32 Å². The maximum absolute atomic E-state index is 12.3. The average Bonchev–Trinajstić information content (AvgIpc) is 2.44. The summed E-state index contributed by atoms with van der Waals surface area (Å²) in [4.78, 5) is 14.0. The Hall–Kier alpha value is -0.890. The van der Waals surface area contributed by atoms with Crippen LogP contribution in [0.4, 0.5) is 4.79 Å². The lowest BCUT2D eigenvalue weighted by atomic mass is 10.0. The molecule has 1 fully saturated rings. The van der Waals surface area contributed by atoms with E-state index in [9.17, 15) is 9.90 Å². The highest BCUT2D eigenvalue weighted by atomic mass is 16.6. The van der Waals surface area contributed by atoms with Crippen molar-refractivity contribution in [2.75, 3.05) is 32.9 Å². The molecule has 7 heteroatoms. The lowest BCUT2D eigenvalue weighted by molar-refractivity contribution is -0.0369. The van der Waals surface area contributed by atoms with Gasteiger partial charge < -0.3 is 29.9 Å². The van der Waals surface area contributed by atoms with Crippen molar-refractivity contribution in [3.8, 4) is 0 Å². The molecule has 1 saturated heterocycles. The van der Waals surface area contributed by atoms with E-state index < -0.39 is 11.2 Å². The van der Waals surface area contributed by atoms with Gasteiger partial charge in [-0.3, -0.25) is 0 Å². The smallest absolute Gasteiger partial charge is 0.410 e. The van der Waals surface area contributed by atoms with Crippen molar-refractivity contribution >= 4 is 6.09 Å². The third-order valence-electron chi connectivity index (χ3n) is 3.65. The van der Waals surface area contributed by atoms with E-state index in [2.05, 4.69) is 5.32 Å². The summed E-state index contributed by atoms with van der Waals surface area (Å²) >= 11 is 0. The molecule has 7 nitrogen and oxygen atoms in total. The number of rotatable bonds is 6. The van der Waals surface area contributed by atoms with Crippen LogP contribution in [0.15, 0.2) is 0 Å². The number of amides is 1. The molecule has 0 aliphatic carbocycles. The number of hydrogen-bond acceptors (Lipinski definition) is 6. The van der Waals surface area contributed by atoms with Crippen molar-refractivity contribution in [2.24, 2.45) is 0 Å². The van der Waals surface area contributed by atoms with Crippen molar-refractivity contribution in [1.29, 1.82) is 0 Å². The van der Waals surface area contributed by atoms with Gasteiger partial charge in [0.15, 0.2) is 0 Å². The second-order valence-electron chi connectivity index (χ2n) is 7.58. The molecule has 3 unspecified atom stereocenters. The number of carbonyl (C=O) groups is 1. The Morgan fingerprint density at radius 3 is 2.65 bits per heavy atom. The Morgan fingerprint density at radius 2 is 2.09 bits per heavy atom. The second-order valence-corrected chi connectivity index (χ2v) is 7.58. The molecule has 23 heavy (non-hydrogen) atoms. The monoisotopic (exact) mass is 332 g/mol. The fourth-order valence-electron chi connectivity index (χ4n) is 2.35.